The summed E-state index contributed by atoms with van der Waals surface area (Å²) in [7, 11) is -3.47. The van der Waals surface area contributed by atoms with Crippen molar-refractivity contribution < 1.29 is 13.2 Å². The molecular weight excluding hydrogens is 264 g/mol. The van der Waals surface area contributed by atoms with E-state index in [9.17, 15) is 13.2 Å². The van der Waals surface area contributed by atoms with E-state index in [0.717, 1.165) is 11.8 Å². The van der Waals surface area contributed by atoms with Crippen LogP contribution in [0.4, 0.5) is 5.69 Å². The molecule has 1 rings (SSSR count). The Bertz CT molecular complexity index is 579. The van der Waals surface area contributed by atoms with Gasteiger partial charge in [-0.2, -0.15) is 0 Å². The molecule has 3 N–H and O–H groups in total. The molecule has 106 valence electrons. The van der Waals surface area contributed by atoms with E-state index in [2.05, 4.69) is 5.32 Å². The molecule has 6 heteroatoms. The number of carbonyl (C=O) groups excluding carboxylic acids is 1. The molecule has 0 saturated heterocycles. The quantitative estimate of drug-likeness (QED) is 0.815. The zero-order valence-corrected chi connectivity index (χ0v) is 12.4. The molecule has 0 aromatic heterocycles. The van der Waals surface area contributed by atoms with E-state index < -0.39 is 20.5 Å². The molecule has 1 amide bonds. The first-order chi connectivity index (χ1) is 8.55. The van der Waals surface area contributed by atoms with Crippen molar-refractivity contribution in [2.24, 2.45) is 0 Å². The third-order valence-electron chi connectivity index (χ3n) is 3.23. The van der Waals surface area contributed by atoms with Crippen LogP contribution >= 0.6 is 0 Å². The molecule has 0 spiro atoms. The van der Waals surface area contributed by atoms with Crippen molar-refractivity contribution in [3.63, 3.8) is 0 Å². The topological polar surface area (TPSA) is 89.3 Å². The van der Waals surface area contributed by atoms with E-state index in [1.165, 1.54) is 13.8 Å². The largest absolute Gasteiger partial charge is 0.399 e. The van der Waals surface area contributed by atoms with Crippen LogP contribution in [0.1, 0.15) is 32.4 Å². The lowest BCUT2D eigenvalue weighted by molar-refractivity contribution is -0.123. The van der Waals surface area contributed by atoms with Gasteiger partial charge in [0, 0.05) is 11.9 Å². The van der Waals surface area contributed by atoms with Gasteiger partial charge >= 0.3 is 0 Å². The molecule has 0 heterocycles. The second-order valence-corrected chi connectivity index (χ2v) is 7.71. The number of anilines is 1. The van der Waals surface area contributed by atoms with Crippen molar-refractivity contribution in [1.82, 2.24) is 5.32 Å². The summed E-state index contributed by atoms with van der Waals surface area (Å²) in [6.07, 6.45) is 1.05. The van der Waals surface area contributed by atoms with Gasteiger partial charge in [0.05, 0.1) is 6.04 Å². The minimum atomic E-state index is -3.47. The van der Waals surface area contributed by atoms with Gasteiger partial charge in [-0.1, -0.05) is 12.1 Å². The van der Waals surface area contributed by atoms with Crippen LogP contribution in [0.5, 0.6) is 0 Å². The van der Waals surface area contributed by atoms with Crippen LogP contribution in [0.2, 0.25) is 0 Å². The fourth-order valence-electron chi connectivity index (χ4n) is 1.45. The monoisotopic (exact) mass is 284 g/mol. The molecule has 0 aliphatic heterocycles. The number of hydrogen-bond acceptors (Lipinski definition) is 4. The van der Waals surface area contributed by atoms with Crippen LogP contribution in [0.3, 0.4) is 0 Å². The lowest BCUT2D eigenvalue weighted by atomic mass is 10.1. The maximum atomic E-state index is 12.1. The molecule has 1 aromatic rings. The molecule has 0 radical (unpaired) electrons. The van der Waals surface area contributed by atoms with Gasteiger partial charge in [0.25, 0.3) is 0 Å². The summed E-state index contributed by atoms with van der Waals surface area (Å²) in [5.74, 6) is -0.523. The third kappa shape index (κ3) is 3.47. The number of rotatable bonds is 4. The Morgan fingerprint density at radius 1 is 1.37 bits per heavy atom. The van der Waals surface area contributed by atoms with Crippen LogP contribution in [-0.4, -0.2) is 25.3 Å². The van der Waals surface area contributed by atoms with Crippen LogP contribution in [0.25, 0.3) is 0 Å². The number of nitrogens with two attached hydrogens (primary N) is 1. The summed E-state index contributed by atoms with van der Waals surface area (Å²) >= 11 is 0. The zero-order chi connectivity index (χ0) is 14.8. The Kier molecular flexibility index (Phi) is 4.25. The van der Waals surface area contributed by atoms with Crippen LogP contribution in [0, 0.1) is 0 Å². The van der Waals surface area contributed by atoms with E-state index in [-0.39, 0.29) is 6.04 Å². The molecule has 0 bridgehead atoms. The average molecular weight is 284 g/mol. The molecule has 0 fully saturated rings. The Morgan fingerprint density at radius 2 is 1.95 bits per heavy atom. The highest BCUT2D eigenvalue weighted by atomic mass is 32.2. The summed E-state index contributed by atoms with van der Waals surface area (Å²) in [5, 5.41) is 2.70. The fraction of sp³-hybridized carbons (Fsp3) is 0.462. The maximum Gasteiger partial charge on any atom is 0.241 e. The molecule has 0 aliphatic carbocycles. The summed E-state index contributed by atoms with van der Waals surface area (Å²) in [6, 6.07) is 6.80. The van der Waals surface area contributed by atoms with Gasteiger partial charge in [-0.05, 0) is 38.5 Å². The SMILES string of the molecule is CC(NC(=O)C(C)(C)S(C)(=O)=O)c1cccc(N)c1. The summed E-state index contributed by atoms with van der Waals surface area (Å²) in [6.45, 7) is 4.57. The van der Waals surface area contributed by atoms with E-state index in [1.54, 1.807) is 25.1 Å². The number of carbonyl (C=O) groups is 1. The zero-order valence-electron chi connectivity index (χ0n) is 11.6. The minimum absolute atomic E-state index is 0.308. The van der Waals surface area contributed by atoms with E-state index in [0.29, 0.717) is 5.69 Å². The third-order valence-corrected chi connectivity index (χ3v) is 5.27. The predicted octanol–water partition coefficient (Wildman–Crippen LogP) is 1.27. The first-order valence-corrected chi connectivity index (χ1v) is 7.81. The number of benzene rings is 1. The normalized spacial score (nSPS) is 13.9. The standard InChI is InChI=1S/C13H20N2O3S/c1-9(10-6-5-7-11(14)8-10)15-12(16)13(2,3)19(4,17)18/h5-9H,14H2,1-4H3,(H,15,16). The van der Waals surface area contributed by atoms with Gasteiger partial charge in [-0.15, -0.1) is 0 Å². The predicted molar refractivity (Wildman–Crippen MR) is 76.3 cm³/mol. The van der Waals surface area contributed by atoms with Gasteiger partial charge in [0.1, 0.15) is 4.75 Å². The molecule has 19 heavy (non-hydrogen) atoms. The lowest BCUT2D eigenvalue weighted by Gasteiger charge is -2.24. The van der Waals surface area contributed by atoms with Crippen LogP contribution < -0.4 is 11.1 Å². The van der Waals surface area contributed by atoms with E-state index in [4.69, 9.17) is 5.73 Å². The number of sulfone groups is 1. The smallest absolute Gasteiger partial charge is 0.241 e. The average Bonchev–Trinajstić information content (AvgIpc) is 2.27. The summed E-state index contributed by atoms with van der Waals surface area (Å²) in [5.41, 5.74) is 7.10. The molecular formula is C13H20N2O3S. The molecule has 5 nitrogen and oxygen atoms in total. The van der Waals surface area contributed by atoms with E-state index >= 15 is 0 Å². The second kappa shape index (κ2) is 5.21. The molecule has 0 aliphatic rings. The fourth-order valence-corrected chi connectivity index (χ4v) is 1.85. The Labute approximate surface area is 114 Å². The summed E-state index contributed by atoms with van der Waals surface area (Å²) < 4.78 is 21.7. The van der Waals surface area contributed by atoms with Gasteiger partial charge in [-0.25, -0.2) is 8.42 Å². The van der Waals surface area contributed by atoms with Gasteiger partial charge in [-0.3, -0.25) is 4.79 Å². The first kappa shape index (κ1) is 15.5. The number of hydrogen-bond donors (Lipinski definition) is 2. The van der Waals surface area contributed by atoms with Crippen molar-refractivity contribution >= 4 is 21.4 Å². The van der Waals surface area contributed by atoms with Crippen LogP contribution in [0.15, 0.2) is 24.3 Å². The minimum Gasteiger partial charge on any atom is -0.399 e. The van der Waals surface area contributed by atoms with Crippen LogP contribution in [-0.2, 0) is 14.6 Å². The second-order valence-electron chi connectivity index (χ2n) is 5.15. The first-order valence-electron chi connectivity index (χ1n) is 5.91. The van der Waals surface area contributed by atoms with Crippen molar-refractivity contribution in [2.75, 3.05) is 12.0 Å². The lowest BCUT2D eigenvalue weighted by Crippen LogP contribution is -2.48. The van der Waals surface area contributed by atoms with Gasteiger partial charge in [0.15, 0.2) is 9.84 Å². The van der Waals surface area contributed by atoms with Crippen molar-refractivity contribution in [3.8, 4) is 0 Å². The Hall–Kier alpha value is -1.56. The number of nitrogens with one attached hydrogen (secondary N) is 1. The molecule has 1 aromatic carbocycles. The Balaban J connectivity index is 2.89. The van der Waals surface area contributed by atoms with Crippen molar-refractivity contribution in [3.05, 3.63) is 29.8 Å². The highest BCUT2D eigenvalue weighted by molar-refractivity contribution is 7.92. The highest BCUT2D eigenvalue weighted by Gasteiger charge is 2.38. The number of amides is 1. The van der Waals surface area contributed by atoms with Gasteiger partial charge < -0.3 is 11.1 Å². The van der Waals surface area contributed by atoms with Crippen molar-refractivity contribution in [1.29, 1.82) is 0 Å². The molecule has 1 unspecified atom stereocenters. The molecule has 1 atom stereocenters. The molecule has 0 saturated carbocycles. The Morgan fingerprint density at radius 3 is 2.42 bits per heavy atom. The van der Waals surface area contributed by atoms with Gasteiger partial charge in [0.2, 0.25) is 5.91 Å². The summed E-state index contributed by atoms with van der Waals surface area (Å²) in [4.78, 5) is 12.1. The van der Waals surface area contributed by atoms with E-state index in [1.807, 2.05) is 6.07 Å². The maximum absolute atomic E-state index is 12.1. The van der Waals surface area contributed by atoms with Crippen molar-refractivity contribution in [2.45, 2.75) is 31.6 Å². The highest BCUT2D eigenvalue weighted by Crippen LogP contribution is 2.19. The number of nitrogen functional groups attached to an aromatic ring is 1.